The molecule has 1 saturated heterocycles. The molecule has 0 aliphatic carbocycles. The summed E-state index contributed by atoms with van der Waals surface area (Å²) in [6, 6.07) is -0.791. The summed E-state index contributed by atoms with van der Waals surface area (Å²) in [6.45, 7) is 0.579. The fourth-order valence-corrected chi connectivity index (χ4v) is 2.19. The van der Waals surface area contributed by atoms with E-state index in [9.17, 15) is 13.2 Å². The molecule has 10 heteroatoms. The molecule has 0 saturated carbocycles. The van der Waals surface area contributed by atoms with Crippen molar-refractivity contribution in [3.63, 3.8) is 0 Å². The number of aromatic nitrogens is 4. The number of tetrazole rings is 1. The number of nitrogens with zero attached hydrogens (tertiary/aromatic N) is 3. The van der Waals surface area contributed by atoms with Crippen molar-refractivity contribution in [1.29, 1.82) is 0 Å². The minimum absolute atomic E-state index is 0.103. The number of rotatable bonds is 3. The molecule has 2 heterocycles. The number of carbonyl (C=O) groups excluding carboxylic acids is 1. The second kappa shape index (κ2) is 5.01. The van der Waals surface area contributed by atoms with Gasteiger partial charge in [0.25, 0.3) is 0 Å². The lowest BCUT2D eigenvalue weighted by Crippen LogP contribution is -2.44. The van der Waals surface area contributed by atoms with Gasteiger partial charge in [0, 0.05) is 6.54 Å². The van der Waals surface area contributed by atoms with Crippen molar-refractivity contribution >= 4 is 21.1 Å². The molecule has 1 aromatic rings. The second-order valence-electron chi connectivity index (χ2n) is 3.38. The summed E-state index contributed by atoms with van der Waals surface area (Å²) in [5.41, 5.74) is 0. The first kappa shape index (κ1) is 11.7. The molecule has 1 aliphatic heterocycles. The minimum Gasteiger partial charge on any atom is -0.347 e. The van der Waals surface area contributed by atoms with Crippen LogP contribution in [0.3, 0.4) is 0 Å². The van der Waals surface area contributed by atoms with Crippen LogP contribution >= 0.6 is 0 Å². The average molecular weight is 258 g/mol. The molecule has 3 N–H and O–H groups in total. The lowest BCUT2D eigenvalue weighted by Gasteiger charge is -2.09. The van der Waals surface area contributed by atoms with E-state index in [0.717, 1.165) is 0 Å². The van der Waals surface area contributed by atoms with Crippen LogP contribution in [0, 0.1) is 0 Å². The van der Waals surface area contributed by atoms with Crippen LogP contribution in [0.25, 0.3) is 0 Å². The maximum atomic E-state index is 11.7. The number of hydrogen-bond donors (Lipinski definition) is 3. The predicted octanol–water partition coefficient (Wildman–Crippen LogP) is -2.77. The van der Waals surface area contributed by atoms with E-state index in [1.807, 2.05) is 0 Å². The zero-order valence-corrected chi connectivity index (χ0v) is 9.49. The van der Waals surface area contributed by atoms with Gasteiger partial charge < -0.3 is 10.6 Å². The highest BCUT2D eigenvalue weighted by atomic mass is 32.2. The number of aromatic amines is 1. The van der Waals surface area contributed by atoms with Crippen LogP contribution in [-0.4, -0.2) is 52.4 Å². The van der Waals surface area contributed by atoms with Crippen molar-refractivity contribution in [2.24, 2.45) is 0 Å². The third-order valence-electron chi connectivity index (χ3n) is 2.33. The molecule has 0 bridgehead atoms. The first-order valence-corrected chi connectivity index (χ1v) is 5.94. The molecular formula is C7H10N6O3S. The highest BCUT2D eigenvalue weighted by Crippen LogP contribution is 2.02. The Balaban J connectivity index is 1.99. The number of amides is 1. The van der Waals surface area contributed by atoms with E-state index < -0.39 is 22.2 Å². The quantitative estimate of drug-likeness (QED) is 0.500. The number of hydrogen-bond acceptors (Lipinski definition) is 7. The molecular weight excluding hydrogens is 248 g/mol. The predicted molar refractivity (Wildman–Crippen MR) is 56.4 cm³/mol. The fourth-order valence-electron chi connectivity index (χ4n) is 1.54. The maximum absolute atomic E-state index is 11.7. The van der Waals surface area contributed by atoms with Crippen molar-refractivity contribution in [2.45, 2.75) is 19.0 Å². The highest BCUT2D eigenvalue weighted by Gasteiger charge is 2.29. The Morgan fingerprint density at radius 2 is 2.35 bits per heavy atom. The third kappa shape index (κ3) is 2.65. The monoisotopic (exact) mass is 258 g/mol. The normalized spacial score (nSPS) is 19.3. The largest absolute Gasteiger partial charge is 0.347 e. The molecule has 1 aromatic heterocycles. The molecule has 1 aliphatic rings. The fraction of sp³-hybridized carbons (Fsp3) is 0.571. The summed E-state index contributed by atoms with van der Waals surface area (Å²) < 4.78 is 21.7. The summed E-state index contributed by atoms with van der Waals surface area (Å²) >= 11 is 0. The van der Waals surface area contributed by atoms with Crippen molar-refractivity contribution in [1.82, 2.24) is 31.3 Å². The second-order valence-corrected chi connectivity index (χ2v) is 4.38. The van der Waals surface area contributed by atoms with Gasteiger partial charge in [0.1, 0.15) is 6.04 Å². The summed E-state index contributed by atoms with van der Waals surface area (Å²) in [5, 5.41) is 18.2. The van der Waals surface area contributed by atoms with E-state index in [4.69, 9.17) is 0 Å². The van der Waals surface area contributed by atoms with Gasteiger partial charge in [-0.1, -0.05) is 5.21 Å². The van der Waals surface area contributed by atoms with Crippen molar-refractivity contribution in [3.8, 4) is 0 Å². The Bertz CT molecular complexity index is 528. The average Bonchev–Trinajstić information content (AvgIpc) is 2.96. The van der Waals surface area contributed by atoms with Crippen LogP contribution in [0.4, 0.5) is 0 Å². The van der Waals surface area contributed by atoms with E-state index in [-0.39, 0.29) is 11.4 Å². The molecule has 92 valence electrons. The summed E-state index contributed by atoms with van der Waals surface area (Å²) in [5.74, 6) is -0.0763. The number of H-pyrrole nitrogens is 1. The van der Waals surface area contributed by atoms with Crippen molar-refractivity contribution in [2.75, 3.05) is 6.54 Å². The molecule has 1 fully saturated rings. The Hall–Kier alpha value is -1.81. The van der Waals surface area contributed by atoms with Gasteiger partial charge in [-0.2, -0.15) is 13.6 Å². The molecule has 17 heavy (non-hydrogen) atoms. The van der Waals surface area contributed by atoms with Gasteiger partial charge in [-0.05, 0) is 6.42 Å². The van der Waals surface area contributed by atoms with Gasteiger partial charge >= 0.3 is 0 Å². The maximum Gasteiger partial charge on any atom is 0.242 e. The smallest absolute Gasteiger partial charge is 0.242 e. The van der Waals surface area contributed by atoms with E-state index in [0.29, 0.717) is 18.8 Å². The highest BCUT2D eigenvalue weighted by molar-refractivity contribution is 7.73. The van der Waals surface area contributed by atoms with Gasteiger partial charge in [0.2, 0.25) is 16.2 Å². The van der Waals surface area contributed by atoms with E-state index in [1.165, 1.54) is 0 Å². The van der Waals surface area contributed by atoms with E-state index >= 15 is 0 Å². The van der Waals surface area contributed by atoms with Crippen molar-refractivity contribution < 1.29 is 13.2 Å². The molecule has 0 spiro atoms. The van der Waals surface area contributed by atoms with Crippen LogP contribution in [0.5, 0.6) is 0 Å². The molecule has 0 aromatic carbocycles. The van der Waals surface area contributed by atoms with Gasteiger partial charge in [-0.3, -0.25) is 4.79 Å². The zero-order chi connectivity index (χ0) is 12.3. The molecule has 2 rings (SSSR count). The summed E-state index contributed by atoms with van der Waals surface area (Å²) in [6.07, 6.45) is 0.358. The van der Waals surface area contributed by atoms with Crippen LogP contribution in [0.15, 0.2) is 0 Å². The molecule has 1 amide bonds. The van der Waals surface area contributed by atoms with Crippen LogP contribution in [-0.2, 0) is 21.6 Å². The molecule has 1 atom stereocenters. The first-order chi connectivity index (χ1) is 8.18. The lowest BCUT2D eigenvalue weighted by molar-refractivity contribution is -0.121. The molecule has 1 unspecified atom stereocenters. The van der Waals surface area contributed by atoms with E-state index in [2.05, 4.69) is 31.3 Å². The third-order valence-corrected chi connectivity index (χ3v) is 3.20. The van der Waals surface area contributed by atoms with Crippen LogP contribution in [0.1, 0.15) is 12.2 Å². The van der Waals surface area contributed by atoms with Crippen LogP contribution < -0.4 is 10.6 Å². The SMILES string of the molecule is O=C(NCc1nn[nH]n1)C1NCCC1=S(=O)=O. The Morgan fingerprint density at radius 3 is 3.00 bits per heavy atom. The van der Waals surface area contributed by atoms with Crippen LogP contribution in [0.2, 0.25) is 0 Å². The standard InChI is InChI=1S/C7H10N6O3S/c14-7(9-3-5-10-12-13-11-5)6-4(17(15)16)1-2-8-6/h6,8H,1-3H2,(H,9,14)(H,10,11,12,13). The van der Waals surface area contributed by atoms with E-state index in [1.54, 1.807) is 0 Å². The summed E-state index contributed by atoms with van der Waals surface area (Å²) in [4.78, 5) is 11.9. The molecule has 9 nitrogen and oxygen atoms in total. The zero-order valence-electron chi connectivity index (χ0n) is 8.67. The topological polar surface area (TPSA) is 130 Å². The first-order valence-electron chi connectivity index (χ1n) is 4.87. The Morgan fingerprint density at radius 1 is 1.53 bits per heavy atom. The Kier molecular flexibility index (Phi) is 3.44. The Labute approximate surface area is 97.5 Å². The molecule has 0 radical (unpaired) electrons. The van der Waals surface area contributed by atoms with Gasteiger partial charge in [-0.15, -0.1) is 10.2 Å². The van der Waals surface area contributed by atoms with Gasteiger partial charge in [0.15, 0.2) is 5.82 Å². The summed E-state index contributed by atoms with van der Waals surface area (Å²) in [7, 11) is -2.34. The van der Waals surface area contributed by atoms with Crippen molar-refractivity contribution in [3.05, 3.63) is 5.82 Å². The number of carbonyl (C=O) groups is 1. The lowest BCUT2D eigenvalue weighted by atomic mass is 10.2. The number of nitrogens with one attached hydrogen (secondary N) is 3. The minimum atomic E-state index is -2.34. The van der Waals surface area contributed by atoms with Gasteiger partial charge in [0.05, 0.1) is 11.4 Å². The van der Waals surface area contributed by atoms with Gasteiger partial charge in [-0.25, -0.2) is 0 Å².